The van der Waals surface area contributed by atoms with E-state index in [4.69, 9.17) is 14.0 Å². The lowest BCUT2D eigenvalue weighted by atomic mass is 10.1. The van der Waals surface area contributed by atoms with Gasteiger partial charge in [-0.1, -0.05) is 48.5 Å². The van der Waals surface area contributed by atoms with Crippen LogP contribution in [-0.4, -0.2) is 31.6 Å². The molecule has 180 valence electrons. The van der Waals surface area contributed by atoms with Gasteiger partial charge in [0.25, 0.3) is 15.9 Å². The van der Waals surface area contributed by atoms with Crippen molar-refractivity contribution in [1.29, 1.82) is 0 Å². The molecule has 0 aliphatic heterocycles. The number of hydrogen-bond donors (Lipinski definition) is 1. The zero-order valence-electron chi connectivity index (χ0n) is 19.1. The van der Waals surface area contributed by atoms with Gasteiger partial charge in [-0.15, -0.1) is 0 Å². The maximum Gasteiger partial charge on any atom is 0.340 e. The van der Waals surface area contributed by atoms with Crippen LogP contribution in [0, 0.1) is 0 Å². The van der Waals surface area contributed by atoms with Crippen LogP contribution >= 0.6 is 0 Å². The highest BCUT2D eigenvalue weighted by atomic mass is 32.2. The predicted octanol–water partition coefficient (Wildman–Crippen LogP) is 4.47. The number of rotatable bonds is 9. The van der Waals surface area contributed by atoms with Crippen LogP contribution in [0.3, 0.4) is 0 Å². The van der Waals surface area contributed by atoms with Gasteiger partial charge >= 0.3 is 5.97 Å². The Hall–Kier alpha value is -4.18. The number of hydrogen-bond acceptors (Lipinski definition) is 8. The largest absolute Gasteiger partial charge is 0.497 e. The molecule has 1 aromatic heterocycles. The van der Waals surface area contributed by atoms with Gasteiger partial charge in [-0.05, 0) is 48.4 Å². The quantitative estimate of drug-likeness (QED) is 0.339. The smallest absolute Gasteiger partial charge is 0.340 e. The van der Waals surface area contributed by atoms with E-state index >= 15 is 0 Å². The molecule has 0 saturated carbocycles. The lowest BCUT2D eigenvalue weighted by Gasteiger charge is -2.12. The number of ether oxygens (including phenoxy) is 2. The number of esters is 1. The molecule has 3 aromatic carbocycles. The molecule has 35 heavy (non-hydrogen) atoms. The first-order valence-corrected chi connectivity index (χ1v) is 12.2. The molecule has 0 unspecified atom stereocenters. The maximum absolute atomic E-state index is 12.8. The second-order valence-corrected chi connectivity index (χ2v) is 9.15. The Labute approximate surface area is 202 Å². The highest BCUT2D eigenvalue weighted by Gasteiger charge is 2.20. The molecular formula is C25H23N3O6S. The van der Waals surface area contributed by atoms with Gasteiger partial charge in [0.1, 0.15) is 5.75 Å². The number of para-hydroxylation sites is 1. The first-order chi connectivity index (χ1) is 16.9. The molecular weight excluding hydrogens is 470 g/mol. The first kappa shape index (κ1) is 24.0. The molecule has 9 nitrogen and oxygen atoms in total. The summed E-state index contributed by atoms with van der Waals surface area (Å²) in [6.07, 6.45) is 0.922. The minimum Gasteiger partial charge on any atom is -0.497 e. The summed E-state index contributed by atoms with van der Waals surface area (Å²) in [6, 6.07) is 19.8. The van der Waals surface area contributed by atoms with Gasteiger partial charge in [-0.2, -0.15) is 4.98 Å². The van der Waals surface area contributed by atoms with Crippen LogP contribution in [0.4, 0.5) is 5.69 Å². The van der Waals surface area contributed by atoms with Gasteiger partial charge in [0, 0.05) is 5.56 Å². The van der Waals surface area contributed by atoms with E-state index in [1.54, 1.807) is 12.1 Å². The van der Waals surface area contributed by atoms with Crippen LogP contribution in [0.1, 0.15) is 28.7 Å². The van der Waals surface area contributed by atoms with Crippen molar-refractivity contribution >= 4 is 21.7 Å². The van der Waals surface area contributed by atoms with Crippen molar-refractivity contribution < 1.29 is 27.2 Å². The predicted molar refractivity (Wildman–Crippen MR) is 128 cm³/mol. The molecule has 0 bridgehead atoms. The highest BCUT2D eigenvalue weighted by molar-refractivity contribution is 7.92. The number of aryl methyl sites for hydroxylation is 1. The number of nitrogens with one attached hydrogen (secondary N) is 1. The van der Waals surface area contributed by atoms with Crippen molar-refractivity contribution in [1.82, 2.24) is 10.1 Å². The van der Waals surface area contributed by atoms with E-state index in [1.165, 1.54) is 49.1 Å². The van der Waals surface area contributed by atoms with Crippen molar-refractivity contribution in [2.75, 3.05) is 11.8 Å². The van der Waals surface area contributed by atoms with E-state index in [0.29, 0.717) is 11.6 Å². The van der Waals surface area contributed by atoms with Crippen LogP contribution < -0.4 is 9.46 Å². The average molecular weight is 494 g/mol. The molecule has 0 aliphatic rings. The monoisotopic (exact) mass is 493 g/mol. The van der Waals surface area contributed by atoms with Crippen LogP contribution in [0.25, 0.3) is 11.4 Å². The SMILES string of the molecule is CCc1ccc(-c2noc(COC(=O)c3ccccc3NS(=O)(=O)c3ccc(OC)cc3)n2)cc1. The number of aromatic nitrogens is 2. The Morgan fingerprint density at radius 3 is 2.40 bits per heavy atom. The number of anilines is 1. The number of sulfonamides is 1. The molecule has 0 atom stereocenters. The van der Waals surface area contributed by atoms with E-state index in [1.807, 2.05) is 24.3 Å². The number of benzene rings is 3. The Bertz CT molecular complexity index is 1410. The highest BCUT2D eigenvalue weighted by Crippen LogP contribution is 2.23. The van der Waals surface area contributed by atoms with E-state index in [0.717, 1.165) is 12.0 Å². The molecule has 1 N–H and O–H groups in total. The second-order valence-electron chi connectivity index (χ2n) is 7.46. The third-order valence-electron chi connectivity index (χ3n) is 5.18. The third-order valence-corrected chi connectivity index (χ3v) is 6.56. The van der Waals surface area contributed by atoms with Gasteiger partial charge < -0.3 is 14.0 Å². The van der Waals surface area contributed by atoms with Crippen LogP contribution in [0.5, 0.6) is 5.75 Å². The summed E-state index contributed by atoms with van der Waals surface area (Å²) in [4.78, 5) is 17.0. The maximum atomic E-state index is 12.8. The van der Waals surface area contributed by atoms with Gasteiger partial charge in [-0.3, -0.25) is 4.72 Å². The average Bonchev–Trinajstić information content (AvgIpc) is 3.36. The molecule has 0 fully saturated rings. The Balaban J connectivity index is 1.45. The summed E-state index contributed by atoms with van der Waals surface area (Å²) >= 11 is 0. The van der Waals surface area contributed by atoms with Gasteiger partial charge in [0.15, 0.2) is 6.61 Å². The third kappa shape index (κ3) is 5.67. The lowest BCUT2D eigenvalue weighted by Crippen LogP contribution is -2.16. The van der Waals surface area contributed by atoms with Crippen molar-refractivity contribution in [2.45, 2.75) is 24.8 Å². The fourth-order valence-electron chi connectivity index (χ4n) is 3.23. The van der Waals surface area contributed by atoms with Crippen LogP contribution in [0.2, 0.25) is 0 Å². The Morgan fingerprint density at radius 1 is 1.00 bits per heavy atom. The Kier molecular flexibility index (Phi) is 7.11. The fraction of sp³-hybridized carbons (Fsp3) is 0.160. The summed E-state index contributed by atoms with van der Waals surface area (Å²) in [5, 5.41) is 3.93. The van der Waals surface area contributed by atoms with Gasteiger partial charge in [-0.25, -0.2) is 13.2 Å². The molecule has 0 spiro atoms. The molecule has 4 rings (SSSR count). The summed E-state index contributed by atoms with van der Waals surface area (Å²) < 4.78 is 43.6. The molecule has 1 heterocycles. The van der Waals surface area contributed by atoms with E-state index in [-0.39, 0.29) is 28.6 Å². The first-order valence-electron chi connectivity index (χ1n) is 10.7. The summed E-state index contributed by atoms with van der Waals surface area (Å²) in [5.74, 6) is 0.274. The molecule has 4 aromatic rings. The van der Waals surface area contributed by atoms with Crippen molar-refractivity contribution in [3.05, 3.63) is 89.8 Å². The zero-order chi connectivity index (χ0) is 24.8. The Morgan fingerprint density at radius 2 is 1.71 bits per heavy atom. The standard InChI is InChI=1S/C25H23N3O6S/c1-3-17-8-10-18(11-9-17)24-26-23(34-27-24)16-33-25(29)21-6-4-5-7-22(21)28-35(30,31)20-14-12-19(32-2)13-15-20/h4-15,28H,3,16H2,1-2H3. The molecule has 10 heteroatoms. The van der Waals surface area contributed by atoms with Crippen molar-refractivity contribution in [2.24, 2.45) is 0 Å². The molecule has 0 radical (unpaired) electrons. The minimum atomic E-state index is -3.95. The van der Waals surface area contributed by atoms with Gasteiger partial charge in [0.05, 0.1) is 23.3 Å². The molecule has 0 saturated heterocycles. The molecule has 0 aliphatic carbocycles. The fourth-order valence-corrected chi connectivity index (χ4v) is 4.31. The number of carbonyl (C=O) groups is 1. The summed E-state index contributed by atoms with van der Waals surface area (Å²) in [6.45, 7) is 1.80. The van der Waals surface area contributed by atoms with Crippen LogP contribution in [0.15, 0.2) is 82.2 Å². The normalized spacial score (nSPS) is 11.1. The topological polar surface area (TPSA) is 121 Å². The lowest BCUT2D eigenvalue weighted by molar-refractivity contribution is 0.0431. The number of methoxy groups -OCH3 is 1. The van der Waals surface area contributed by atoms with E-state index < -0.39 is 16.0 Å². The number of carbonyl (C=O) groups excluding carboxylic acids is 1. The molecule has 0 amide bonds. The summed E-state index contributed by atoms with van der Waals surface area (Å²) in [5.41, 5.74) is 2.09. The van der Waals surface area contributed by atoms with E-state index in [2.05, 4.69) is 21.8 Å². The van der Waals surface area contributed by atoms with Crippen molar-refractivity contribution in [3.8, 4) is 17.1 Å². The van der Waals surface area contributed by atoms with E-state index in [9.17, 15) is 13.2 Å². The number of nitrogens with zero attached hydrogens (tertiary/aromatic N) is 2. The zero-order valence-corrected chi connectivity index (χ0v) is 19.9. The van der Waals surface area contributed by atoms with Gasteiger partial charge in [0.2, 0.25) is 5.82 Å². The van der Waals surface area contributed by atoms with Crippen LogP contribution in [-0.2, 0) is 27.8 Å². The summed E-state index contributed by atoms with van der Waals surface area (Å²) in [7, 11) is -2.46. The van der Waals surface area contributed by atoms with Crippen molar-refractivity contribution in [3.63, 3.8) is 0 Å². The second kappa shape index (κ2) is 10.4. The minimum absolute atomic E-state index is 0.0202.